The lowest BCUT2D eigenvalue weighted by atomic mass is 9.88. The van der Waals surface area contributed by atoms with Gasteiger partial charge in [-0.1, -0.05) is 6.92 Å². The minimum atomic E-state index is 0.0938. The minimum Gasteiger partial charge on any atom is -0.352 e. The molecule has 2 N–H and O–H groups in total. The molecular formula is C12H20N4O. The van der Waals surface area contributed by atoms with Gasteiger partial charge in [-0.15, -0.1) is 0 Å². The van der Waals surface area contributed by atoms with Gasteiger partial charge in [0.25, 0.3) is 0 Å². The van der Waals surface area contributed by atoms with Crippen LogP contribution in [0.4, 0.5) is 0 Å². The third-order valence-corrected chi connectivity index (χ3v) is 3.34. The monoisotopic (exact) mass is 236 g/mol. The van der Waals surface area contributed by atoms with Crippen molar-refractivity contribution in [2.24, 2.45) is 11.8 Å². The van der Waals surface area contributed by atoms with Crippen LogP contribution >= 0.6 is 0 Å². The van der Waals surface area contributed by atoms with Gasteiger partial charge in [0, 0.05) is 24.4 Å². The Balaban J connectivity index is 1.77. The van der Waals surface area contributed by atoms with Crippen LogP contribution in [0.1, 0.15) is 13.8 Å². The van der Waals surface area contributed by atoms with Crippen LogP contribution in [0.5, 0.6) is 0 Å². The van der Waals surface area contributed by atoms with Crippen molar-refractivity contribution in [3.63, 3.8) is 0 Å². The molecule has 0 bridgehead atoms. The standard InChI is InChI=1S/C12H20N4O/c1-9(8-16-5-3-4-14-16)15-12(17)10(2)11-6-13-7-11/h3-5,9-11,13H,6-8H2,1-2H3,(H,15,17). The Kier molecular flexibility index (Phi) is 3.78. The number of nitrogens with one attached hydrogen (secondary N) is 2. The SMILES string of the molecule is CC(Cn1cccn1)NC(=O)C(C)C1CNC1. The van der Waals surface area contributed by atoms with Gasteiger partial charge in [0.15, 0.2) is 0 Å². The first-order chi connectivity index (χ1) is 8.16. The molecule has 0 aromatic carbocycles. The van der Waals surface area contributed by atoms with Crippen LogP contribution in [-0.2, 0) is 11.3 Å². The van der Waals surface area contributed by atoms with Gasteiger partial charge in [0.2, 0.25) is 5.91 Å². The maximum atomic E-state index is 11.9. The molecule has 1 aromatic heterocycles. The molecule has 0 saturated carbocycles. The summed E-state index contributed by atoms with van der Waals surface area (Å²) in [6.45, 7) is 6.64. The van der Waals surface area contributed by atoms with Gasteiger partial charge in [-0.2, -0.15) is 5.10 Å². The molecule has 2 unspecified atom stereocenters. The molecule has 1 aliphatic rings. The van der Waals surface area contributed by atoms with Crippen molar-refractivity contribution in [3.05, 3.63) is 18.5 Å². The molecule has 2 rings (SSSR count). The van der Waals surface area contributed by atoms with Crippen molar-refractivity contribution in [2.75, 3.05) is 13.1 Å². The summed E-state index contributed by atoms with van der Waals surface area (Å²) >= 11 is 0. The van der Waals surface area contributed by atoms with Crippen LogP contribution in [0.3, 0.4) is 0 Å². The predicted molar refractivity (Wildman–Crippen MR) is 65.4 cm³/mol. The van der Waals surface area contributed by atoms with Crippen molar-refractivity contribution >= 4 is 5.91 Å². The van der Waals surface area contributed by atoms with Crippen LogP contribution in [0, 0.1) is 11.8 Å². The highest BCUT2D eigenvalue weighted by Crippen LogP contribution is 2.15. The van der Waals surface area contributed by atoms with Crippen molar-refractivity contribution in [2.45, 2.75) is 26.4 Å². The third-order valence-electron chi connectivity index (χ3n) is 3.34. The Labute approximate surface area is 102 Å². The number of amides is 1. The maximum absolute atomic E-state index is 11.9. The van der Waals surface area contributed by atoms with Gasteiger partial charge < -0.3 is 10.6 Å². The van der Waals surface area contributed by atoms with Crippen molar-refractivity contribution in [3.8, 4) is 0 Å². The molecule has 94 valence electrons. The molecule has 0 spiro atoms. The second kappa shape index (κ2) is 5.31. The van der Waals surface area contributed by atoms with Crippen LogP contribution in [0.15, 0.2) is 18.5 Å². The molecule has 1 aromatic rings. The summed E-state index contributed by atoms with van der Waals surface area (Å²) in [4.78, 5) is 11.9. The predicted octanol–water partition coefficient (Wildman–Crippen LogP) is 0.243. The molecule has 0 radical (unpaired) electrons. The first kappa shape index (κ1) is 12.1. The number of hydrogen-bond acceptors (Lipinski definition) is 3. The molecule has 17 heavy (non-hydrogen) atoms. The fourth-order valence-corrected chi connectivity index (χ4v) is 1.99. The summed E-state index contributed by atoms with van der Waals surface area (Å²) in [6, 6.07) is 2.00. The summed E-state index contributed by atoms with van der Waals surface area (Å²) in [6.07, 6.45) is 3.65. The Bertz CT molecular complexity index is 359. The van der Waals surface area contributed by atoms with E-state index in [0.29, 0.717) is 12.5 Å². The highest BCUT2D eigenvalue weighted by atomic mass is 16.1. The first-order valence-corrected chi connectivity index (χ1v) is 6.15. The summed E-state index contributed by atoms with van der Waals surface area (Å²) < 4.78 is 1.83. The summed E-state index contributed by atoms with van der Waals surface area (Å²) in [5.74, 6) is 0.736. The average Bonchev–Trinajstić information content (AvgIpc) is 2.67. The van der Waals surface area contributed by atoms with Crippen molar-refractivity contribution in [1.82, 2.24) is 20.4 Å². The lowest BCUT2D eigenvalue weighted by Crippen LogP contribution is -2.51. The van der Waals surface area contributed by atoms with Crippen LogP contribution < -0.4 is 10.6 Å². The van der Waals surface area contributed by atoms with Gasteiger partial charge in [-0.25, -0.2) is 0 Å². The summed E-state index contributed by atoms with van der Waals surface area (Å²) in [5, 5.41) is 10.4. The molecule has 5 nitrogen and oxygen atoms in total. The van der Waals surface area contributed by atoms with E-state index in [0.717, 1.165) is 13.1 Å². The Morgan fingerprint density at radius 1 is 1.59 bits per heavy atom. The van der Waals surface area contributed by atoms with Gasteiger partial charge >= 0.3 is 0 Å². The smallest absolute Gasteiger partial charge is 0.223 e. The van der Waals surface area contributed by atoms with E-state index in [2.05, 4.69) is 15.7 Å². The van der Waals surface area contributed by atoms with E-state index in [-0.39, 0.29) is 17.9 Å². The number of hydrogen-bond donors (Lipinski definition) is 2. The van der Waals surface area contributed by atoms with E-state index in [1.54, 1.807) is 6.20 Å². The summed E-state index contributed by atoms with van der Waals surface area (Å²) in [7, 11) is 0. The van der Waals surface area contributed by atoms with E-state index in [1.165, 1.54) is 0 Å². The molecular weight excluding hydrogens is 216 g/mol. The molecule has 2 atom stereocenters. The van der Waals surface area contributed by atoms with Gasteiger partial charge in [0.05, 0.1) is 6.54 Å². The third kappa shape index (κ3) is 3.06. The maximum Gasteiger partial charge on any atom is 0.223 e. The molecule has 5 heteroatoms. The molecule has 1 saturated heterocycles. The second-order valence-corrected chi connectivity index (χ2v) is 4.84. The zero-order chi connectivity index (χ0) is 12.3. The quantitative estimate of drug-likeness (QED) is 0.770. The van der Waals surface area contributed by atoms with Gasteiger partial charge in [-0.05, 0) is 32.0 Å². The van der Waals surface area contributed by atoms with Crippen molar-refractivity contribution < 1.29 is 4.79 Å². The highest BCUT2D eigenvalue weighted by molar-refractivity contribution is 5.79. The van der Waals surface area contributed by atoms with E-state index in [4.69, 9.17) is 0 Å². The highest BCUT2D eigenvalue weighted by Gasteiger charge is 2.29. The van der Waals surface area contributed by atoms with E-state index in [9.17, 15) is 4.79 Å². The number of carbonyl (C=O) groups excluding carboxylic acids is 1. The number of carbonyl (C=O) groups is 1. The second-order valence-electron chi connectivity index (χ2n) is 4.84. The molecule has 1 fully saturated rings. The zero-order valence-corrected chi connectivity index (χ0v) is 10.4. The Hall–Kier alpha value is -1.36. The Morgan fingerprint density at radius 2 is 2.35 bits per heavy atom. The summed E-state index contributed by atoms with van der Waals surface area (Å²) in [5.41, 5.74) is 0. The lowest BCUT2D eigenvalue weighted by Gasteiger charge is -2.32. The molecule has 1 amide bonds. The Morgan fingerprint density at radius 3 is 2.88 bits per heavy atom. The largest absolute Gasteiger partial charge is 0.352 e. The van der Waals surface area contributed by atoms with Crippen LogP contribution in [-0.4, -0.2) is 34.8 Å². The van der Waals surface area contributed by atoms with E-state index >= 15 is 0 Å². The number of rotatable bonds is 5. The molecule has 1 aliphatic heterocycles. The van der Waals surface area contributed by atoms with Crippen molar-refractivity contribution in [1.29, 1.82) is 0 Å². The fourth-order valence-electron chi connectivity index (χ4n) is 1.99. The van der Waals surface area contributed by atoms with Crippen LogP contribution in [0.2, 0.25) is 0 Å². The van der Waals surface area contributed by atoms with Gasteiger partial charge in [-0.3, -0.25) is 9.48 Å². The van der Waals surface area contributed by atoms with Crippen LogP contribution in [0.25, 0.3) is 0 Å². The topological polar surface area (TPSA) is 59.0 Å². The van der Waals surface area contributed by atoms with E-state index in [1.807, 2.05) is 30.8 Å². The van der Waals surface area contributed by atoms with E-state index < -0.39 is 0 Å². The number of aromatic nitrogens is 2. The fraction of sp³-hybridized carbons (Fsp3) is 0.667. The first-order valence-electron chi connectivity index (χ1n) is 6.15. The lowest BCUT2D eigenvalue weighted by molar-refractivity contribution is -0.127. The minimum absolute atomic E-state index is 0.0938. The normalized spacial score (nSPS) is 19.4. The zero-order valence-electron chi connectivity index (χ0n) is 10.4. The molecule has 0 aliphatic carbocycles. The average molecular weight is 236 g/mol. The number of nitrogens with zero attached hydrogens (tertiary/aromatic N) is 2. The molecule has 2 heterocycles. The van der Waals surface area contributed by atoms with Gasteiger partial charge in [0.1, 0.15) is 0 Å².